The predicted molar refractivity (Wildman–Crippen MR) is 72.3 cm³/mol. The highest BCUT2D eigenvalue weighted by Gasteiger charge is 2.33. The van der Waals surface area contributed by atoms with Gasteiger partial charge in [0.25, 0.3) is 0 Å². The summed E-state index contributed by atoms with van der Waals surface area (Å²) >= 11 is 0. The fourth-order valence-corrected chi connectivity index (χ4v) is 1.70. The quantitative estimate of drug-likeness (QED) is 0.937. The Morgan fingerprint density at radius 3 is 2.57 bits per heavy atom. The number of rotatable bonds is 4. The molecule has 0 aromatic carbocycles. The average molecular weight is 323 g/mol. The Morgan fingerprint density at radius 1 is 1.33 bits per heavy atom. The molecule has 9 heteroatoms. The van der Waals surface area contributed by atoms with Crippen LogP contribution in [0.25, 0.3) is 0 Å². The zero-order chi connectivity index (χ0) is 14.8. The van der Waals surface area contributed by atoms with E-state index in [0.29, 0.717) is 12.1 Å². The number of hydrogen-bond acceptors (Lipinski definition) is 4. The second kappa shape index (κ2) is 6.77. The third kappa shape index (κ3) is 4.08. The van der Waals surface area contributed by atoms with Crippen molar-refractivity contribution in [2.24, 2.45) is 5.73 Å². The second-order valence-electron chi connectivity index (χ2n) is 4.13. The number of aromatic nitrogens is 3. The van der Waals surface area contributed by atoms with E-state index >= 15 is 0 Å². The summed E-state index contributed by atoms with van der Waals surface area (Å²) in [5, 5.41) is 4.06. The number of hydrogen-bond donors (Lipinski definition) is 1. The van der Waals surface area contributed by atoms with Gasteiger partial charge in [-0.3, -0.25) is 9.67 Å². The summed E-state index contributed by atoms with van der Waals surface area (Å²) < 4.78 is 44.2. The topological polar surface area (TPSA) is 66.0 Å². The van der Waals surface area contributed by atoms with Crippen LogP contribution < -0.4 is 10.5 Å². The first-order chi connectivity index (χ1) is 9.44. The van der Waals surface area contributed by atoms with E-state index in [4.69, 9.17) is 10.5 Å². The minimum absolute atomic E-state index is 0. The molecule has 2 heterocycles. The lowest BCUT2D eigenvalue weighted by Gasteiger charge is -2.11. The van der Waals surface area contributed by atoms with Gasteiger partial charge in [-0.25, -0.2) is 0 Å². The summed E-state index contributed by atoms with van der Waals surface area (Å²) in [6.45, 7) is 0.608. The van der Waals surface area contributed by atoms with E-state index in [2.05, 4.69) is 10.1 Å². The lowest BCUT2D eigenvalue weighted by atomic mass is 10.2. The minimum Gasteiger partial charge on any atom is -0.496 e. The standard InChI is InChI=1S/C12H13F3N4O.ClH/c1-20-10-2-11(12(13,14)15)17-5-9(10)7-19-6-8(3-16)4-18-19;/h2,4-6H,3,7,16H2,1H3;1H. The van der Waals surface area contributed by atoms with Crippen molar-refractivity contribution in [3.8, 4) is 5.75 Å². The van der Waals surface area contributed by atoms with Crippen LogP contribution in [0.4, 0.5) is 13.2 Å². The molecule has 0 aliphatic rings. The van der Waals surface area contributed by atoms with Crippen molar-refractivity contribution < 1.29 is 17.9 Å². The number of nitrogens with two attached hydrogens (primary N) is 1. The van der Waals surface area contributed by atoms with Crippen LogP contribution in [0.5, 0.6) is 5.75 Å². The maximum absolute atomic E-state index is 12.6. The summed E-state index contributed by atoms with van der Waals surface area (Å²) in [4.78, 5) is 3.41. The van der Waals surface area contributed by atoms with Crippen LogP contribution in [0.2, 0.25) is 0 Å². The lowest BCUT2D eigenvalue weighted by Crippen LogP contribution is -2.10. The van der Waals surface area contributed by atoms with Crippen LogP contribution in [-0.2, 0) is 19.3 Å². The summed E-state index contributed by atoms with van der Waals surface area (Å²) in [5.41, 5.74) is 5.82. The Hall–Kier alpha value is -1.80. The summed E-state index contributed by atoms with van der Waals surface area (Å²) in [6, 6.07) is 0.878. The molecule has 0 saturated carbocycles. The van der Waals surface area contributed by atoms with E-state index in [-0.39, 0.29) is 24.7 Å². The van der Waals surface area contributed by atoms with Gasteiger partial charge in [-0.15, -0.1) is 12.4 Å². The third-order valence-electron chi connectivity index (χ3n) is 2.71. The molecule has 0 unspecified atom stereocenters. The van der Waals surface area contributed by atoms with Crippen LogP contribution in [0.15, 0.2) is 24.7 Å². The Bertz CT molecular complexity index is 600. The number of methoxy groups -OCH3 is 1. The molecule has 116 valence electrons. The molecule has 2 rings (SSSR count). The summed E-state index contributed by atoms with van der Waals surface area (Å²) in [5.74, 6) is 0.122. The van der Waals surface area contributed by atoms with Gasteiger partial charge in [0.15, 0.2) is 0 Å². The van der Waals surface area contributed by atoms with E-state index in [1.54, 1.807) is 17.1 Å². The highest BCUT2D eigenvalue weighted by atomic mass is 35.5. The molecule has 0 spiro atoms. The Morgan fingerprint density at radius 2 is 2.05 bits per heavy atom. The molecule has 2 aromatic rings. The second-order valence-corrected chi connectivity index (χ2v) is 4.13. The van der Waals surface area contributed by atoms with Crippen molar-refractivity contribution in [2.45, 2.75) is 19.3 Å². The van der Waals surface area contributed by atoms with Crippen molar-refractivity contribution in [1.29, 1.82) is 0 Å². The van der Waals surface area contributed by atoms with Crippen LogP contribution >= 0.6 is 12.4 Å². The largest absolute Gasteiger partial charge is 0.496 e. The van der Waals surface area contributed by atoms with Gasteiger partial charge in [-0.2, -0.15) is 18.3 Å². The van der Waals surface area contributed by atoms with Gasteiger partial charge in [0.1, 0.15) is 11.4 Å². The number of nitrogens with zero attached hydrogens (tertiary/aromatic N) is 3. The van der Waals surface area contributed by atoms with E-state index < -0.39 is 11.9 Å². The first kappa shape index (κ1) is 17.3. The van der Waals surface area contributed by atoms with Crippen LogP contribution in [0.3, 0.4) is 0 Å². The zero-order valence-electron chi connectivity index (χ0n) is 11.1. The fourth-order valence-electron chi connectivity index (χ4n) is 1.70. The van der Waals surface area contributed by atoms with Gasteiger partial charge in [0.2, 0.25) is 0 Å². The molecule has 2 N–H and O–H groups in total. The molecular weight excluding hydrogens is 309 g/mol. The van der Waals surface area contributed by atoms with Crippen LogP contribution in [0, 0.1) is 0 Å². The van der Waals surface area contributed by atoms with Crippen molar-refractivity contribution in [3.05, 3.63) is 41.5 Å². The minimum atomic E-state index is -4.50. The summed E-state index contributed by atoms with van der Waals surface area (Å²) in [7, 11) is 1.31. The van der Waals surface area contributed by atoms with E-state index in [1.165, 1.54) is 7.11 Å². The molecule has 0 amide bonds. The maximum Gasteiger partial charge on any atom is 0.433 e. The molecule has 2 aromatic heterocycles. The molecule has 0 saturated heterocycles. The highest BCUT2D eigenvalue weighted by molar-refractivity contribution is 5.85. The van der Waals surface area contributed by atoms with Crippen LogP contribution in [0.1, 0.15) is 16.8 Å². The van der Waals surface area contributed by atoms with E-state index in [1.807, 2.05) is 0 Å². The van der Waals surface area contributed by atoms with Gasteiger partial charge in [-0.1, -0.05) is 0 Å². The molecule has 0 radical (unpaired) electrons. The Balaban J connectivity index is 0.00000220. The number of halogens is 4. The highest BCUT2D eigenvalue weighted by Crippen LogP contribution is 2.31. The Labute approximate surface area is 125 Å². The van der Waals surface area contributed by atoms with Crippen molar-refractivity contribution in [3.63, 3.8) is 0 Å². The van der Waals surface area contributed by atoms with E-state index in [0.717, 1.165) is 17.8 Å². The molecule has 0 atom stereocenters. The molecule has 0 aliphatic carbocycles. The molecule has 0 bridgehead atoms. The van der Waals surface area contributed by atoms with Crippen LogP contribution in [-0.4, -0.2) is 21.9 Å². The summed E-state index contributed by atoms with van der Waals surface area (Å²) in [6.07, 6.45) is -0.0310. The lowest BCUT2D eigenvalue weighted by molar-refractivity contribution is -0.141. The van der Waals surface area contributed by atoms with Crippen molar-refractivity contribution >= 4 is 12.4 Å². The Kier molecular flexibility index (Phi) is 5.56. The first-order valence-electron chi connectivity index (χ1n) is 5.75. The molecule has 0 fully saturated rings. The van der Waals surface area contributed by atoms with Crippen molar-refractivity contribution in [1.82, 2.24) is 14.8 Å². The molecule has 0 aliphatic heterocycles. The molecule has 5 nitrogen and oxygen atoms in total. The maximum atomic E-state index is 12.6. The number of pyridine rings is 1. The normalized spacial score (nSPS) is 11.1. The van der Waals surface area contributed by atoms with Gasteiger partial charge < -0.3 is 10.5 Å². The molecular formula is C12H14ClF3N4O. The smallest absolute Gasteiger partial charge is 0.433 e. The zero-order valence-corrected chi connectivity index (χ0v) is 11.9. The number of ether oxygens (including phenoxy) is 1. The number of alkyl halides is 3. The van der Waals surface area contributed by atoms with Gasteiger partial charge in [-0.05, 0) is 0 Å². The average Bonchev–Trinajstić information content (AvgIpc) is 2.85. The van der Waals surface area contributed by atoms with Gasteiger partial charge >= 0.3 is 6.18 Å². The predicted octanol–water partition coefficient (Wildman–Crippen LogP) is 2.23. The van der Waals surface area contributed by atoms with Gasteiger partial charge in [0, 0.05) is 36.1 Å². The fraction of sp³-hybridized carbons (Fsp3) is 0.333. The monoisotopic (exact) mass is 322 g/mol. The first-order valence-corrected chi connectivity index (χ1v) is 5.75. The van der Waals surface area contributed by atoms with Gasteiger partial charge in [0.05, 0.1) is 19.9 Å². The molecule has 21 heavy (non-hydrogen) atoms. The SMILES string of the molecule is COc1cc(C(F)(F)F)ncc1Cn1cc(CN)cn1.Cl. The third-order valence-corrected chi connectivity index (χ3v) is 2.71. The van der Waals surface area contributed by atoms with Crippen molar-refractivity contribution in [2.75, 3.05) is 7.11 Å². The van der Waals surface area contributed by atoms with E-state index in [9.17, 15) is 13.2 Å².